The van der Waals surface area contributed by atoms with Crippen LogP contribution in [0.3, 0.4) is 0 Å². The van der Waals surface area contributed by atoms with Crippen LogP contribution in [-0.4, -0.2) is 26.5 Å². The zero-order valence-electron chi connectivity index (χ0n) is 15.1. The lowest BCUT2D eigenvalue weighted by Gasteiger charge is -2.11. The van der Waals surface area contributed by atoms with Crippen molar-refractivity contribution in [3.63, 3.8) is 0 Å². The molecule has 3 N–H and O–H groups in total. The second-order valence-corrected chi connectivity index (χ2v) is 9.14. The van der Waals surface area contributed by atoms with Crippen molar-refractivity contribution in [3.8, 4) is 0 Å². The quantitative estimate of drug-likeness (QED) is 0.522. The molecular formula is C19H16ClN3O4S2. The van der Waals surface area contributed by atoms with Gasteiger partial charge in [-0.3, -0.25) is 14.3 Å². The fourth-order valence-corrected chi connectivity index (χ4v) is 3.77. The van der Waals surface area contributed by atoms with Crippen LogP contribution in [0, 0.1) is 0 Å². The Labute approximate surface area is 176 Å². The average molecular weight is 450 g/mol. The molecule has 0 radical (unpaired) electrons. The summed E-state index contributed by atoms with van der Waals surface area (Å²) in [6, 6.07) is 14.3. The molecular weight excluding hydrogens is 434 g/mol. The molecule has 7 nitrogen and oxygen atoms in total. The number of carbonyl (C=O) groups is 2. The maximum absolute atomic E-state index is 12.6. The molecule has 0 fully saturated rings. The largest absolute Gasteiger partial charge is 0.322 e. The van der Waals surface area contributed by atoms with Gasteiger partial charge < -0.3 is 10.6 Å². The molecule has 0 saturated carbocycles. The van der Waals surface area contributed by atoms with Crippen molar-refractivity contribution in [2.24, 2.45) is 0 Å². The Morgan fingerprint density at radius 1 is 0.931 bits per heavy atom. The smallest absolute Gasteiger partial charge is 0.265 e. The molecule has 150 valence electrons. The van der Waals surface area contributed by atoms with Gasteiger partial charge in [-0.25, -0.2) is 8.42 Å². The first-order chi connectivity index (χ1) is 13.7. The number of hydrogen-bond donors (Lipinski definition) is 3. The van der Waals surface area contributed by atoms with Gasteiger partial charge in [-0.1, -0.05) is 23.7 Å². The highest BCUT2D eigenvalue weighted by molar-refractivity contribution is 7.92. The number of rotatable bonds is 6. The van der Waals surface area contributed by atoms with Crippen molar-refractivity contribution in [3.05, 3.63) is 75.4 Å². The second-order valence-electron chi connectivity index (χ2n) is 6.04. The van der Waals surface area contributed by atoms with E-state index in [9.17, 15) is 18.0 Å². The first kappa shape index (κ1) is 20.8. The van der Waals surface area contributed by atoms with Gasteiger partial charge in [0.2, 0.25) is 10.0 Å². The van der Waals surface area contributed by atoms with E-state index in [2.05, 4.69) is 15.4 Å². The maximum atomic E-state index is 12.6. The summed E-state index contributed by atoms with van der Waals surface area (Å²) in [5.74, 6) is -0.760. The van der Waals surface area contributed by atoms with Crippen molar-refractivity contribution >= 4 is 61.8 Å². The normalized spacial score (nSPS) is 11.0. The Balaban J connectivity index is 1.76. The predicted octanol–water partition coefficient (Wildman–Crippen LogP) is 4.28. The van der Waals surface area contributed by atoms with Gasteiger partial charge in [-0.05, 0) is 47.8 Å². The van der Waals surface area contributed by atoms with Crippen LogP contribution in [0.2, 0.25) is 5.02 Å². The van der Waals surface area contributed by atoms with Gasteiger partial charge in [-0.15, -0.1) is 11.3 Å². The van der Waals surface area contributed by atoms with E-state index in [0.717, 1.165) is 6.26 Å². The molecule has 0 aliphatic heterocycles. The van der Waals surface area contributed by atoms with Crippen molar-refractivity contribution in [1.82, 2.24) is 0 Å². The van der Waals surface area contributed by atoms with Crippen molar-refractivity contribution in [2.45, 2.75) is 0 Å². The minimum atomic E-state index is -3.43. The Bertz CT molecular complexity index is 1160. The second kappa shape index (κ2) is 8.64. The molecule has 0 aliphatic rings. The zero-order valence-corrected chi connectivity index (χ0v) is 17.5. The highest BCUT2D eigenvalue weighted by Gasteiger charge is 2.13. The topological polar surface area (TPSA) is 104 Å². The summed E-state index contributed by atoms with van der Waals surface area (Å²) in [6.07, 6.45) is 1.04. The number of carbonyl (C=O) groups excluding carboxylic acids is 2. The summed E-state index contributed by atoms with van der Waals surface area (Å²) in [7, 11) is -3.43. The van der Waals surface area contributed by atoms with E-state index in [1.165, 1.54) is 35.6 Å². The monoisotopic (exact) mass is 449 g/mol. The molecule has 0 unspecified atom stereocenters. The van der Waals surface area contributed by atoms with E-state index in [1.54, 1.807) is 35.7 Å². The first-order valence-electron chi connectivity index (χ1n) is 8.25. The van der Waals surface area contributed by atoms with Gasteiger partial charge in [0, 0.05) is 11.3 Å². The Kier molecular flexibility index (Phi) is 6.21. The molecule has 0 saturated heterocycles. The van der Waals surface area contributed by atoms with Gasteiger partial charge in [-0.2, -0.15) is 0 Å². The van der Waals surface area contributed by atoms with E-state index < -0.39 is 15.9 Å². The van der Waals surface area contributed by atoms with Crippen LogP contribution >= 0.6 is 22.9 Å². The Morgan fingerprint density at radius 3 is 2.38 bits per heavy atom. The zero-order chi connectivity index (χ0) is 21.0. The van der Waals surface area contributed by atoms with Crippen LogP contribution in [0.5, 0.6) is 0 Å². The minimum absolute atomic E-state index is 0.275. The Morgan fingerprint density at radius 2 is 1.69 bits per heavy atom. The fourth-order valence-electron chi connectivity index (χ4n) is 2.43. The SMILES string of the molecule is CS(=O)(=O)Nc1cccc(NC(=O)c2ccc(Cl)c(NC(=O)c3cccs3)c2)c1. The lowest BCUT2D eigenvalue weighted by atomic mass is 10.1. The molecule has 0 bridgehead atoms. The first-order valence-corrected chi connectivity index (χ1v) is 11.4. The molecule has 0 atom stereocenters. The number of anilines is 3. The van der Waals surface area contributed by atoms with Gasteiger partial charge in [0.25, 0.3) is 11.8 Å². The number of halogens is 1. The molecule has 1 aromatic heterocycles. The summed E-state index contributed by atoms with van der Waals surface area (Å²) in [5, 5.41) is 7.46. The lowest BCUT2D eigenvalue weighted by molar-refractivity contribution is 0.101. The molecule has 3 aromatic rings. The summed E-state index contributed by atoms with van der Waals surface area (Å²) in [4.78, 5) is 25.3. The van der Waals surface area contributed by atoms with E-state index in [0.29, 0.717) is 27.0 Å². The molecule has 2 amide bonds. The molecule has 0 spiro atoms. The van der Waals surface area contributed by atoms with Gasteiger partial charge in [0.05, 0.1) is 27.5 Å². The lowest BCUT2D eigenvalue weighted by Crippen LogP contribution is -2.15. The van der Waals surface area contributed by atoms with Crippen LogP contribution in [-0.2, 0) is 10.0 Å². The summed E-state index contributed by atoms with van der Waals surface area (Å²) in [5.41, 5.74) is 1.32. The maximum Gasteiger partial charge on any atom is 0.265 e. The molecule has 3 rings (SSSR count). The van der Waals surface area contributed by atoms with Crippen molar-refractivity contribution < 1.29 is 18.0 Å². The molecule has 10 heteroatoms. The number of amides is 2. The standard InChI is InChI=1S/C19H16ClN3O4S2/c1-29(26,27)23-14-5-2-4-13(11-14)21-18(24)12-7-8-15(20)16(10-12)22-19(25)17-6-3-9-28-17/h2-11,23H,1H3,(H,21,24)(H,22,25). The third kappa shape index (κ3) is 5.80. The third-order valence-corrected chi connectivity index (χ3v) is 5.45. The summed E-state index contributed by atoms with van der Waals surface area (Å²) >= 11 is 7.43. The van der Waals surface area contributed by atoms with Crippen LogP contribution in [0.4, 0.5) is 17.1 Å². The average Bonchev–Trinajstić information content (AvgIpc) is 3.17. The van der Waals surface area contributed by atoms with Crippen molar-refractivity contribution in [1.29, 1.82) is 0 Å². The highest BCUT2D eigenvalue weighted by atomic mass is 35.5. The van der Waals surface area contributed by atoms with Crippen molar-refractivity contribution in [2.75, 3.05) is 21.6 Å². The number of sulfonamides is 1. The van der Waals surface area contributed by atoms with E-state index in [4.69, 9.17) is 11.6 Å². The van der Waals surface area contributed by atoms with Crippen LogP contribution < -0.4 is 15.4 Å². The highest BCUT2D eigenvalue weighted by Crippen LogP contribution is 2.25. The summed E-state index contributed by atoms with van der Waals surface area (Å²) in [6.45, 7) is 0. The number of hydrogen-bond acceptors (Lipinski definition) is 5. The van der Waals surface area contributed by atoms with E-state index in [-0.39, 0.29) is 11.5 Å². The third-order valence-electron chi connectivity index (χ3n) is 3.65. The van der Waals surface area contributed by atoms with Crippen LogP contribution in [0.1, 0.15) is 20.0 Å². The van der Waals surface area contributed by atoms with Gasteiger partial charge in [0.1, 0.15) is 0 Å². The molecule has 1 heterocycles. The van der Waals surface area contributed by atoms with Crippen LogP contribution in [0.25, 0.3) is 0 Å². The van der Waals surface area contributed by atoms with E-state index in [1.807, 2.05) is 0 Å². The number of benzene rings is 2. The van der Waals surface area contributed by atoms with Crippen LogP contribution in [0.15, 0.2) is 60.0 Å². The predicted molar refractivity (Wildman–Crippen MR) is 117 cm³/mol. The van der Waals surface area contributed by atoms with Gasteiger partial charge in [0.15, 0.2) is 0 Å². The summed E-state index contributed by atoms with van der Waals surface area (Å²) < 4.78 is 25.1. The Hall–Kier alpha value is -2.88. The van der Waals surface area contributed by atoms with Gasteiger partial charge >= 0.3 is 0 Å². The van der Waals surface area contributed by atoms with E-state index >= 15 is 0 Å². The molecule has 29 heavy (non-hydrogen) atoms. The fraction of sp³-hybridized carbons (Fsp3) is 0.0526. The molecule has 2 aromatic carbocycles. The minimum Gasteiger partial charge on any atom is -0.322 e. The number of nitrogens with one attached hydrogen (secondary N) is 3. The molecule has 0 aliphatic carbocycles. The number of thiophene rings is 1.